The van der Waals surface area contributed by atoms with E-state index in [2.05, 4.69) is 5.32 Å². The minimum absolute atomic E-state index is 0.0108. The van der Waals surface area contributed by atoms with Gasteiger partial charge < -0.3 is 15.2 Å². The Morgan fingerprint density at radius 2 is 2.29 bits per heavy atom. The van der Waals surface area contributed by atoms with Gasteiger partial charge in [-0.05, 0) is 6.07 Å². The SMILES string of the molecule is COc1ccc([N+](=O)[O-])cc1CC1(O)CNC1. The third-order valence-electron chi connectivity index (χ3n) is 2.90. The fourth-order valence-corrected chi connectivity index (χ4v) is 1.91. The molecule has 1 fully saturated rings. The Morgan fingerprint density at radius 3 is 2.76 bits per heavy atom. The maximum Gasteiger partial charge on any atom is 0.269 e. The second-order valence-electron chi connectivity index (χ2n) is 4.26. The zero-order valence-electron chi connectivity index (χ0n) is 9.47. The quantitative estimate of drug-likeness (QED) is 0.588. The Morgan fingerprint density at radius 1 is 1.59 bits per heavy atom. The number of ether oxygens (including phenoxy) is 1. The zero-order chi connectivity index (χ0) is 12.5. The molecule has 0 spiro atoms. The summed E-state index contributed by atoms with van der Waals surface area (Å²) in [6.45, 7) is 0.998. The van der Waals surface area contributed by atoms with E-state index < -0.39 is 10.5 Å². The molecule has 0 radical (unpaired) electrons. The highest BCUT2D eigenvalue weighted by Gasteiger charge is 2.35. The molecule has 6 nitrogen and oxygen atoms in total. The first-order chi connectivity index (χ1) is 8.04. The lowest BCUT2D eigenvalue weighted by molar-refractivity contribution is -0.384. The van der Waals surface area contributed by atoms with E-state index in [-0.39, 0.29) is 5.69 Å². The van der Waals surface area contributed by atoms with Crippen LogP contribution in [0.2, 0.25) is 0 Å². The molecule has 17 heavy (non-hydrogen) atoms. The van der Waals surface area contributed by atoms with Crippen molar-refractivity contribution in [3.63, 3.8) is 0 Å². The normalized spacial score (nSPS) is 17.3. The van der Waals surface area contributed by atoms with Crippen molar-refractivity contribution in [3.05, 3.63) is 33.9 Å². The number of nitrogens with zero attached hydrogens (tertiary/aromatic N) is 1. The molecule has 0 atom stereocenters. The van der Waals surface area contributed by atoms with Crippen molar-refractivity contribution in [3.8, 4) is 5.75 Å². The van der Waals surface area contributed by atoms with E-state index in [1.165, 1.54) is 19.2 Å². The number of aliphatic hydroxyl groups is 1. The minimum atomic E-state index is -0.817. The van der Waals surface area contributed by atoms with Gasteiger partial charge in [0, 0.05) is 37.2 Å². The van der Waals surface area contributed by atoms with Crippen molar-refractivity contribution in [1.82, 2.24) is 5.32 Å². The second-order valence-corrected chi connectivity index (χ2v) is 4.26. The summed E-state index contributed by atoms with van der Waals surface area (Å²) in [4.78, 5) is 10.2. The molecule has 1 heterocycles. The Hall–Kier alpha value is -1.66. The van der Waals surface area contributed by atoms with Crippen molar-refractivity contribution >= 4 is 5.69 Å². The van der Waals surface area contributed by atoms with Crippen LogP contribution in [0.15, 0.2) is 18.2 Å². The van der Waals surface area contributed by atoms with Gasteiger partial charge in [-0.15, -0.1) is 0 Å². The molecule has 0 aromatic heterocycles. The fourth-order valence-electron chi connectivity index (χ4n) is 1.91. The lowest BCUT2D eigenvalue weighted by Gasteiger charge is -2.37. The first-order valence-corrected chi connectivity index (χ1v) is 5.28. The highest BCUT2D eigenvalue weighted by Crippen LogP contribution is 2.28. The maximum absolute atomic E-state index is 10.7. The van der Waals surface area contributed by atoms with Crippen LogP contribution in [-0.2, 0) is 6.42 Å². The molecule has 1 saturated heterocycles. The highest BCUT2D eigenvalue weighted by atomic mass is 16.6. The van der Waals surface area contributed by atoms with Crippen LogP contribution >= 0.6 is 0 Å². The van der Waals surface area contributed by atoms with Gasteiger partial charge >= 0.3 is 0 Å². The van der Waals surface area contributed by atoms with Crippen LogP contribution in [0.25, 0.3) is 0 Å². The van der Waals surface area contributed by atoms with Gasteiger partial charge in [0.05, 0.1) is 17.6 Å². The topological polar surface area (TPSA) is 84.6 Å². The van der Waals surface area contributed by atoms with Gasteiger partial charge in [0.25, 0.3) is 5.69 Å². The van der Waals surface area contributed by atoms with Crippen LogP contribution in [0.1, 0.15) is 5.56 Å². The van der Waals surface area contributed by atoms with Crippen molar-refractivity contribution in [2.75, 3.05) is 20.2 Å². The number of nitro groups is 1. The number of hydrogen-bond acceptors (Lipinski definition) is 5. The average molecular weight is 238 g/mol. The lowest BCUT2D eigenvalue weighted by Crippen LogP contribution is -2.60. The van der Waals surface area contributed by atoms with Crippen molar-refractivity contribution in [1.29, 1.82) is 0 Å². The van der Waals surface area contributed by atoms with Gasteiger partial charge in [-0.2, -0.15) is 0 Å². The number of non-ortho nitro benzene ring substituents is 1. The molecule has 1 aromatic rings. The van der Waals surface area contributed by atoms with Crippen LogP contribution in [0.4, 0.5) is 5.69 Å². The Labute approximate surface area is 98.4 Å². The molecule has 2 N–H and O–H groups in total. The van der Waals surface area contributed by atoms with Crippen molar-refractivity contribution < 1.29 is 14.8 Å². The van der Waals surface area contributed by atoms with Crippen LogP contribution in [0.5, 0.6) is 5.75 Å². The van der Waals surface area contributed by atoms with E-state index in [1.807, 2.05) is 0 Å². The van der Waals surface area contributed by atoms with E-state index >= 15 is 0 Å². The minimum Gasteiger partial charge on any atom is -0.496 e. The molecule has 0 saturated carbocycles. The molecule has 0 unspecified atom stereocenters. The molecule has 92 valence electrons. The molecular formula is C11H14N2O4. The van der Waals surface area contributed by atoms with Crippen molar-refractivity contribution in [2.45, 2.75) is 12.0 Å². The predicted molar refractivity (Wildman–Crippen MR) is 61.2 cm³/mol. The average Bonchev–Trinajstić information content (AvgIpc) is 2.26. The smallest absolute Gasteiger partial charge is 0.269 e. The monoisotopic (exact) mass is 238 g/mol. The summed E-state index contributed by atoms with van der Waals surface area (Å²) in [6, 6.07) is 4.41. The fraction of sp³-hybridized carbons (Fsp3) is 0.455. The highest BCUT2D eigenvalue weighted by molar-refractivity contribution is 5.44. The van der Waals surface area contributed by atoms with Gasteiger partial charge in [0.1, 0.15) is 5.75 Å². The van der Waals surface area contributed by atoms with E-state index in [1.54, 1.807) is 6.07 Å². The zero-order valence-corrected chi connectivity index (χ0v) is 9.47. The number of nitrogens with one attached hydrogen (secondary N) is 1. The summed E-state index contributed by atoms with van der Waals surface area (Å²) in [5, 5.41) is 23.7. The van der Waals surface area contributed by atoms with E-state index in [9.17, 15) is 15.2 Å². The third kappa shape index (κ3) is 2.37. The largest absolute Gasteiger partial charge is 0.496 e. The summed E-state index contributed by atoms with van der Waals surface area (Å²) >= 11 is 0. The summed E-state index contributed by atoms with van der Waals surface area (Å²) in [5.74, 6) is 0.566. The summed E-state index contributed by atoms with van der Waals surface area (Å²) < 4.78 is 5.14. The Kier molecular flexibility index (Phi) is 2.99. The summed E-state index contributed by atoms with van der Waals surface area (Å²) in [7, 11) is 1.51. The first kappa shape index (κ1) is 11.8. The molecule has 1 aliphatic heterocycles. The molecule has 6 heteroatoms. The van der Waals surface area contributed by atoms with Gasteiger partial charge in [0.15, 0.2) is 0 Å². The number of nitro benzene ring substituents is 1. The van der Waals surface area contributed by atoms with Crippen LogP contribution in [0.3, 0.4) is 0 Å². The second kappa shape index (κ2) is 4.31. The number of hydrogen-bond donors (Lipinski definition) is 2. The van der Waals surface area contributed by atoms with E-state index in [0.717, 1.165) is 0 Å². The van der Waals surface area contributed by atoms with Gasteiger partial charge in [-0.25, -0.2) is 0 Å². The van der Waals surface area contributed by atoms with Crippen LogP contribution < -0.4 is 10.1 Å². The number of benzene rings is 1. The Balaban J connectivity index is 2.28. The molecule has 1 aromatic carbocycles. The molecule has 1 aliphatic rings. The van der Waals surface area contributed by atoms with E-state index in [4.69, 9.17) is 4.74 Å². The van der Waals surface area contributed by atoms with Gasteiger partial charge in [0.2, 0.25) is 0 Å². The van der Waals surface area contributed by atoms with Gasteiger partial charge in [-0.3, -0.25) is 10.1 Å². The van der Waals surface area contributed by atoms with Crippen LogP contribution in [0, 0.1) is 10.1 Å². The lowest BCUT2D eigenvalue weighted by atomic mass is 9.88. The molecule has 0 bridgehead atoms. The molecule has 2 rings (SSSR count). The number of methoxy groups -OCH3 is 1. The number of rotatable bonds is 4. The Bertz CT molecular complexity index is 443. The molecule has 0 aliphatic carbocycles. The number of β-amino-alcohol motifs (C(OH)–C–C–N with tert-alkyl or cyclic N) is 1. The maximum atomic E-state index is 10.7. The predicted octanol–water partition coefficient (Wildman–Crippen LogP) is 0.480. The van der Waals surface area contributed by atoms with Crippen molar-refractivity contribution in [2.24, 2.45) is 0 Å². The molecular weight excluding hydrogens is 224 g/mol. The van der Waals surface area contributed by atoms with Crippen LogP contribution in [-0.4, -0.2) is 35.8 Å². The summed E-state index contributed by atoms with van der Waals surface area (Å²) in [6.07, 6.45) is 0.352. The standard InChI is InChI=1S/C11H14N2O4/c1-17-10-3-2-9(13(15)16)4-8(10)5-11(14)6-12-7-11/h2-4,12,14H,5-7H2,1H3. The molecule has 0 amide bonds. The first-order valence-electron chi connectivity index (χ1n) is 5.28. The third-order valence-corrected chi connectivity index (χ3v) is 2.90. The van der Waals surface area contributed by atoms with Gasteiger partial charge in [-0.1, -0.05) is 0 Å². The summed E-state index contributed by atoms with van der Waals surface area (Å²) in [5.41, 5.74) is -0.148. The van der Waals surface area contributed by atoms with E-state index in [0.29, 0.717) is 30.8 Å².